The molecule has 14 heteroatoms. The Balaban J connectivity index is 1.21. The lowest BCUT2D eigenvalue weighted by Crippen LogP contribution is -2.50. The number of nitrogens with zero attached hydrogens (tertiary/aromatic N) is 2. The Morgan fingerprint density at radius 2 is 1.78 bits per heavy atom. The van der Waals surface area contributed by atoms with Crippen LogP contribution >= 0.6 is 0 Å². The predicted octanol–water partition coefficient (Wildman–Crippen LogP) is 1.64. The van der Waals surface area contributed by atoms with Gasteiger partial charge in [0.2, 0.25) is 10.0 Å². The highest BCUT2D eigenvalue weighted by molar-refractivity contribution is 7.89. The summed E-state index contributed by atoms with van der Waals surface area (Å²) in [6.45, 7) is 3.46. The summed E-state index contributed by atoms with van der Waals surface area (Å²) in [4.78, 5) is 17.5. The van der Waals surface area contributed by atoms with Crippen LogP contribution < -0.4 is 19.5 Å². The van der Waals surface area contributed by atoms with Crippen molar-refractivity contribution in [2.24, 2.45) is 4.99 Å². The van der Waals surface area contributed by atoms with Crippen LogP contribution in [0, 0.1) is 13.8 Å². The van der Waals surface area contributed by atoms with Gasteiger partial charge in [-0.25, -0.2) is 12.7 Å². The summed E-state index contributed by atoms with van der Waals surface area (Å²) in [5.74, 6) is -0.0456. The van der Waals surface area contributed by atoms with Crippen LogP contribution in [0.25, 0.3) is 0 Å². The fraction of sp³-hybridized carbons (Fsp3) is 0.481. The molecule has 1 amide bonds. The molecule has 1 fully saturated rings. The number of sulfonamides is 1. The molecule has 222 valence electrons. The first-order valence-electron chi connectivity index (χ1n) is 13.1. The second kappa shape index (κ2) is 10.8. The normalized spacial score (nSPS) is 20.1. The SMILES string of the molecule is Cc1cc(OC[C@H](O)CO)cc(C)c1CCS(=O)(=O)N1CCC2(CC1)N=C(c1ccc3c(c1)OC(F)(F)O3)NC2=O. The van der Waals surface area contributed by atoms with Crippen molar-refractivity contribution in [3.8, 4) is 17.2 Å². The zero-order valence-corrected chi connectivity index (χ0v) is 23.3. The van der Waals surface area contributed by atoms with E-state index < -0.39 is 34.6 Å². The molecule has 3 aliphatic heterocycles. The molecule has 0 saturated carbocycles. The number of nitrogens with one attached hydrogen (secondary N) is 1. The number of rotatable bonds is 9. The highest BCUT2D eigenvalue weighted by Crippen LogP contribution is 2.42. The first-order chi connectivity index (χ1) is 19.3. The average molecular weight is 596 g/mol. The van der Waals surface area contributed by atoms with Gasteiger partial charge in [0.15, 0.2) is 11.5 Å². The zero-order valence-electron chi connectivity index (χ0n) is 22.5. The Bertz CT molecular complexity index is 1470. The quantitative estimate of drug-likeness (QED) is 0.397. The van der Waals surface area contributed by atoms with Gasteiger partial charge in [0.25, 0.3) is 5.91 Å². The number of aliphatic hydroxyl groups excluding tert-OH is 2. The van der Waals surface area contributed by atoms with Gasteiger partial charge in [-0.2, -0.15) is 0 Å². The largest absolute Gasteiger partial charge is 0.586 e. The van der Waals surface area contributed by atoms with Crippen molar-refractivity contribution in [1.29, 1.82) is 0 Å². The molecule has 0 bridgehead atoms. The lowest BCUT2D eigenvalue weighted by Gasteiger charge is -2.34. The molecule has 5 rings (SSSR count). The number of fused-ring (bicyclic) bond motifs is 1. The fourth-order valence-corrected chi connectivity index (χ4v) is 6.72. The van der Waals surface area contributed by atoms with Gasteiger partial charge in [0.05, 0.1) is 12.4 Å². The summed E-state index contributed by atoms with van der Waals surface area (Å²) in [7, 11) is -3.64. The lowest BCUT2D eigenvalue weighted by atomic mass is 9.89. The van der Waals surface area contributed by atoms with E-state index in [4.69, 9.17) is 9.84 Å². The number of hydrogen-bond donors (Lipinski definition) is 3. The van der Waals surface area contributed by atoms with Crippen LogP contribution in [0.4, 0.5) is 8.78 Å². The molecule has 2 aromatic rings. The molecule has 1 spiro atoms. The number of carbonyl (C=O) groups excluding carboxylic acids is 1. The first kappa shape index (κ1) is 29.2. The number of aliphatic hydroxyl groups is 2. The fourth-order valence-electron chi connectivity index (χ4n) is 5.26. The zero-order chi connectivity index (χ0) is 29.6. The topological polar surface area (TPSA) is 147 Å². The van der Waals surface area contributed by atoms with Gasteiger partial charge in [-0.15, -0.1) is 8.78 Å². The van der Waals surface area contributed by atoms with Crippen molar-refractivity contribution in [1.82, 2.24) is 9.62 Å². The van der Waals surface area contributed by atoms with Gasteiger partial charge in [-0.05, 0) is 80.1 Å². The maximum absolute atomic E-state index is 13.4. The van der Waals surface area contributed by atoms with E-state index in [2.05, 4.69) is 19.8 Å². The van der Waals surface area contributed by atoms with Gasteiger partial charge in [-0.1, -0.05) is 0 Å². The van der Waals surface area contributed by atoms with Crippen LogP contribution in [0.3, 0.4) is 0 Å². The molecular formula is C27H31F2N3O8S. The Labute approximate surface area is 235 Å². The third-order valence-electron chi connectivity index (χ3n) is 7.53. The van der Waals surface area contributed by atoms with Gasteiger partial charge in [0, 0.05) is 18.7 Å². The third-order valence-corrected chi connectivity index (χ3v) is 9.40. The third kappa shape index (κ3) is 6.01. The van der Waals surface area contributed by atoms with Crippen molar-refractivity contribution >= 4 is 21.8 Å². The molecule has 3 N–H and O–H groups in total. The van der Waals surface area contributed by atoms with E-state index in [1.807, 2.05) is 13.8 Å². The molecule has 0 aliphatic carbocycles. The number of halogens is 2. The number of aliphatic imine (C=N–C) groups is 1. The monoisotopic (exact) mass is 595 g/mol. The molecule has 0 unspecified atom stereocenters. The molecule has 0 aromatic heterocycles. The van der Waals surface area contributed by atoms with Gasteiger partial charge >= 0.3 is 6.29 Å². The number of ether oxygens (including phenoxy) is 3. The van der Waals surface area contributed by atoms with E-state index >= 15 is 0 Å². The number of hydrogen-bond acceptors (Lipinski definition) is 9. The summed E-state index contributed by atoms with van der Waals surface area (Å²) in [6, 6.07) is 7.65. The van der Waals surface area contributed by atoms with Crippen LogP contribution in [0.2, 0.25) is 0 Å². The molecule has 1 saturated heterocycles. The molecular weight excluding hydrogens is 564 g/mol. The van der Waals surface area contributed by atoms with Gasteiger partial charge in [0.1, 0.15) is 29.8 Å². The number of aryl methyl sites for hydroxylation is 2. The Morgan fingerprint density at radius 1 is 1.12 bits per heavy atom. The van der Waals surface area contributed by atoms with Crippen LogP contribution in [-0.4, -0.2) is 84.7 Å². The standard InChI is InChI=1S/C27H31F2N3O8S/c1-16-11-20(38-15-19(34)14-33)12-17(2)21(16)5-10-41(36,37)32-8-6-26(7-9-32)25(35)30-24(31-26)18-3-4-22-23(13-18)40-27(28,29)39-22/h3-4,11-13,19,33-34H,5-10,14-15H2,1-2H3,(H,30,31,35)/t19-/m1/s1. The summed E-state index contributed by atoms with van der Waals surface area (Å²) >= 11 is 0. The van der Waals surface area contributed by atoms with E-state index in [-0.39, 0.29) is 68.0 Å². The molecule has 41 heavy (non-hydrogen) atoms. The molecule has 2 aromatic carbocycles. The van der Waals surface area contributed by atoms with Crippen molar-refractivity contribution in [3.63, 3.8) is 0 Å². The maximum atomic E-state index is 13.4. The number of benzene rings is 2. The Hall–Kier alpha value is -3.33. The molecule has 0 radical (unpaired) electrons. The summed E-state index contributed by atoms with van der Waals surface area (Å²) in [6.07, 6.45) is -4.12. The Morgan fingerprint density at radius 3 is 2.44 bits per heavy atom. The smallest absolute Gasteiger partial charge is 0.491 e. The lowest BCUT2D eigenvalue weighted by molar-refractivity contribution is -0.286. The average Bonchev–Trinajstić information content (AvgIpc) is 3.40. The van der Waals surface area contributed by atoms with Crippen molar-refractivity contribution < 1.29 is 46.4 Å². The summed E-state index contributed by atoms with van der Waals surface area (Å²) in [5, 5.41) is 21.1. The predicted molar refractivity (Wildman–Crippen MR) is 143 cm³/mol. The van der Waals surface area contributed by atoms with Gasteiger partial charge < -0.3 is 29.7 Å². The summed E-state index contributed by atoms with van der Waals surface area (Å²) in [5.41, 5.74) is 1.81. The number of carbonyl (C=O) groups is 1. The maximum Gasteiger partial charge on any atom is 0.586 e. The van der Waals surface area contributed by atoms with E-state index in [9.17, 15) is 27.1 Å². The number of alkyl halides is 2. The van der Waals surface area contributed by atoms with Crippen LogP contribution in [0.5, 0.6) is 17.2 Å². The molecule has 3 heterocycles. The minimum Gasteiger partial charge on any atom is -0.491 e. The second-order valence-corrected chi connectivity index (χ2v) is 12.5. The van der Waals surface area contributed by atoms with Crippen LogP contribution in [0.15, 0.2) is 35.3 Å². The summed E-state index contributed by atoms with van der Waals surface area (Å²) < 4.78 is 69.0. The molecule has 3 aliphatic rings. The number of amides is 1. The van der Waals surface area contributed by atoms with E-state index in [1.54, 1.807) is 12.1 Å². The Kier molecular flexibility index (Phi) is 7.70. The minimum atomic E-state index is -3.76. The van der Waals surface area contributed by atoms with Crippen molar-refractivity contribution in [2.45, 2.75) is 51.0 Å². The van der Waals surface area contributed by atoms with Crippen molar-refractivity contribution in [2.75, 3.05) is 32.1 Å². The van der Waals surface area contributed by atoms with Crippen LogP contribution in [-0.2, 0) is 21.2 Å². The molecule has 11 nitrogen and oxygen atoms in total. The van der Waals surface area contributed by atoms with Crippen molar-refractivity contribution in [3.05, 3.63) is 52.6 Å². The highest BCUT2D eigenvalue weighted by Gasteiger charge is 2.48. The molecule has 1 atom stereocenters. The number of piperidine rings is 1. The first-order valence-corrected chi connectivity index (χ1v) is 14.7. The van der Waals surface area contributed by atoms with Gasteiger partial charge in [-0.3, -0.25) is 9.79 Å². The van der Waals surface area contributed by atoms with E-state index in [1.165, 1.54) is 22.5 Å². The highest BCUT2D eigenvalue weighted by atomic mass is 32.2. The van der Waals surface area contributed by atoms with E-state index in [0.29, 0.717) is 11.3 Å². The van der Waals surface area contributed by atoms with Crippen LogP contribution in [0.1, 0.15) is 35.1 Å². The minimum absolute atomic E-state index is 0.0568. The van der Waals surface area contributed by atoms with E-state index in [0.717, 1.165) is 16.7 Å². The number of amidine groups is 1. The second-order valence-electron chi connectivity index (χ2n) is 10.4.